The summed E-state index contributed by atoms with van der Waals surface area (Å²) in [6.45, 7) is 0. The summed E-state index contributed by atoms with van der Waals surface area (Å²) in [6, 6.07) is 2.21. The smallest absolute Gasteiger partial charge is 0.335 e. The number of hydrogen-bond donors (Lipinski definition) is 4. The molecule has 98 valence electrons. The van der Waals surface area contributed by atoms with Crippen LogP contribution < -0.4 is 4.74 Å². The minimum atomic E-state index is -2.04. The molecule has 0 aromatic heterocycles. The van der Waals surface area contributed by atoms with Crippen molar-refractivity contribution in [3.63, 3.8) is 0 Å². The normalized spacial score (nSPS) is 13.7. The number of aliphatic hydroxyl groups excluding tert-OH is 2. The van der Waals surface area contributed by atoms with E-state index in [4.69, 9.17) is 9.84 Å². The quantitative estimate of drug-likeness (QED) is 0.533. The van der Waals surface area contributed by atoms with Crippen molar-refractivity contribution in [1.82, 2.24) is 0 Å². The molecule has 0 saturated heterocycles. The summed E-state index contributed by atoms with van der Waals surface area (Å²) in [6.07, 6.45) is -3.46. The van der Waals surface area contributed by atoms with E-state index < -0.39 is 23.9 Å². The monoisotopic (exact) mass is 256 g/mol. The number of carbonyl (C=O) groups is 2. The Labute approximate surface area is 102 Å². The molecule has 0 aliphatic rings. The highest BCUT2D eigenvalue weighted by molar-refractivity contribution is 5.82. The molecule has 7 heteroatoms. The fraction of sp³-hybridized carbons (Fsp3) is 0.273. The maximum atomic E-state index is 10.7. The Hall–Kier alpha value is -2.12. The van der Waals surface area contributed by atoms with Gasteiger partial charge in [-0.1, -0.05) is 0 Å². The third kappa shape index (κ3) is 2.58. The standard InChI is InChI=1S/C11H12O7/c1-18-7-3-5(2-6(4-12)8(7)13)9(14)10(15)11(16)17/h2-4,9-10,13-15H,1H3,(H,16,17). The second-order valence-corrected chi connectivity index (χ2v) is 3.51. The lowest BCUT2D eigenvalue weighted by molar-refractivity contribution is -0.153. The predicted molar refractivity (Wildman–Crippen MR) is 58.6 cm³/mol. The Bertz CT molecular complexity index is 469. The number of phenols is 1. The van der Waals surface area contributed by atoms with Crippen LogP contribution in [0.4, 0.5) is 0 Å². The van der Waals surface area contributed by atoms with Crippen LogP contribution in [0.5, 0.6) is 11.5 Å². The molecular weight excluding hydrogens is 244 g/mol. The molecule has 1 aromatic carbocycles. The van der Waals surface area contributed by atoms with E-state index in [0.717, 1.165) is 12.1 Å². The van der Waals surface area contributed by atoms with E-state index in [1.165, 1.54) is 7.11 Å². The van der Waals surface area contributed by atoms with Gasteiger partial charge in [-0.2, -0.15) is 0 Å². The number of hydrogen-bond acceptors (Lipinski definition) is 6. The summed E-state index contributed by atoms with van der Waals surface area (Å²) in [5.74, 6) is -2.14. The molecule has 1 rings (SSSR count). The lowest BCUT2D eigenvalue weighted by atomic mass is 10.0. The topological polar surface area (TPSA) is 124 Å². The van der Waals surface area contributed by atoms with Gasteiger partial charge in [0.2, 0.25) is 0 Å². The van der Waals surface area contributed by atoms with Crippen LogP contribution in [-0.2, 0) is 4.79 Å². The van der Waals surface area contributed by atoms with Gasteiger partial charge in [0.15, 0.2) is 23.9 Å². The van der Waals surface area contributed by atoms with Crippen molar-refractivity contribution in [3.8, 4) is 11.5 Å². The highest BCUT2D eigenvalue weighted by Crippen LogP contribution is 2.33. The van der Waals surface area contributed by atoms with Crippen LogP contribution >= 0.6 is 0 Å². The van der Waals surface area contributed by atoms with Crippen molar-refractivity contribution >= 4 is 12.3 Å². The zero-order valence-corrected chi connectivity index (χ0v) is 9.40. The molecule has 0 aliphatic carbocycles. The van der Waals surface area contributed by atoms with Crippen LogP contribution in [0.25, 0.3) is 0 Å². The van der Waals surface area contributed by atoms with Gasteiger partial charge in [-0.3, -0.25) is 4.79 Å². The molecular formula is C11H12O7. The van der Waals surface area contributed by atoms with Crippen molar-refractivity contribution < 1.29 is 34.8 Å². The molecule has 0 spiro atoms. The SMILES string of the molecule is COc1cc(C(O)C(O)C(=O)O)cc(C=O)c1O. The second-order valence-electron chi connectivity index (χ2n) is 3.51. The highest BCUT2D eigenvalue weighted by Gasteiger charge is 2.26. The molecule has 0 aliphatic heterocycles. The molecule has 2 atom stereocenters. The molecule has 7 nitrogen and oxygen atoms in total. The molecule has 0 amide bonds. The molecule has 4 N–H and O–H groups in total. The number of aliphatic hydroxyl groups is 2. The van der Waals surface area contributed by atoms with Crippen molar-refractivity contribution in [2.45, 2.75) is 12.2 Å². The third-order valence-corrected chi connectivity index (χ3v) is 2.37. The van der Waals surface area contributed by atoms with Gasteiger partial charge in [-0.15, -0.1) is 0 Å². The Balaban J connectivity index is 3.25. The summed E-state index contributed by atoms with van der Waals surface area (Å²) in [4.78, 5) is 21.2. The van der Waals surface area contributed by atoms with Crippen LogP contribution in [0.3, 0.4) is 0 Å². The molecule has 1 aromatic rings. The zero-order chi connectivity index (χ0) is 13.9. The summed E-state index contributed by atoms with van der Waals surface area (Å²) in [5.41, 5.74) is -0.234. The first kappa shape index (κ1) is 13.9. The number of ether oxygens (including phenoxy) is 1. The second kappa shape index (κ2) is 5.48. The number of aliphatic carboxylic acids is 1. The first-order valence-corrected chi connectivity index (χ1v) is 4.87. The van der Waals surface area contributed by atoms with Crippen LogP contribution in [0.1, 0.15) is 22.0 Å². The van der Waals surface area contributed by atoms with Crippen molar-refractivity contribution in [2.75, 3.05) is 7.11 Å². The van der Waals surface area contributed by atoms with Gasteiger partial charge < -0.3 is 25.2 Å². The minimum absolute atomic E-state index is 0.0540. The number of phenolic OH excluding ortho intramolecular Hbond substituents is 1. The first-order valence-electron chi connectivity index (χ1n) is 4.87. The summed E-state index contributed by atoms with van der Waals surface area (Å²) in [5, 5.41) is 36.9. The van der Waals surface area contributed by atoms with E-state index in [9.17, 15) is 24.9 Å². The van der Waals surface area contributed by atoms with Gasteiger partial charge in [-0.25, -0.2) is 4.79 Å². The van der Waals surface area contributed by atoms with E-state index in [2.05, 4.69) is 0 Å². The Morgan fingerprint density at radius 1 is 1.39 bits per heavy atom. The number of methoxy groups -OCH3 is 1. The lowest BCUT2D eigenvalue weighted by Gasteiger charge is -2.16. The average Bonchev–Trinajstić information content (AvgIpc) is 2.37. The van der Waals surface area contributed by atoms with Gasteiger partial charge in [0.1, 0.15) is 6.10 Å². The molecule has 0 bridgehead atoms. The summed E-state index contributed by atoms with van der Waals surface area (Å²) >= 11 is 0. The molecule has 18 heavy (non-hydrogen) atoms. The van der Waals surface area contributed by atoms with Crippen LogP contribution in [-0.4, -0.2) is 45.9 Å². The van der Waals surface area contributed by atoms with E-state index in [1.807, 2.05) is 0 Å². The first-order chi connectivity index (χ1) is 8.42. The molecule has 0 saturated carbocycles. The molecule has 2 unspecified atom stereocenters. The van der Waals surface area contributed by atoms with Crippen LogP contribution in [0, 0.1) is 0 Å². The van der Waals surface area contributed by atoms with Gasteiger partial charge in [0, 0.05) is 0 Å². The number of aromatic hydroxyl groups is 1. The number of carboxylic acids is 1. The summed E-state index contributed by atoms with van der Waals surface area (Å²) < 4.78 is 4.77. The van der Waals surface area contributed by atoms with Crippen LogP contribution in [0.15, 0.2) is 12.1 Å². The number of carboxylic acid groups (broad SMARTS) is 1. The maximum absolute atomic E-state index is 10.7. The van der Waals surface area contributed by atoms with Gasteiger partial charge in [-0.05, 0) is 17.7 Å². The number of benzene rings is 1. The molecule has 0 fully saturated rings. The van der Waals surface area contributed by atoms with Gasteiger partial charge in [0.25, 0.3) is 0 Å². The Kier molecular flexibility index (Phi) is 4.24. The largest absolute Gasteiger partial charge is 0.504 e. The van der Waals surface area contributed by atoms with Crippen LogP contribution in [0.2, 0.25) is 0 Å². The van der Waals surface area contributed by atoms with Crippen molar-refractivity contribution in [3.05, 3.63) is 23.3 Å². The third-order valence-electron chi connectivity index (χ3n) is 2.37. The number of rotatable bonds is 5. The van der Waals surface area contributed by atoms with Gasteiger partial charge >= 0.3 is 5.97 Å². The number of carbonyl (C=O) groups excluding carboxylic acids is 1. The summed E-state index contributed by atoms with van der Waals surface area (Å²) in [7, 11) is 1.23. The van der Waals surface area contributed by atoms with Crippen molar-refractivity contribution in [2.24, 2.45) is 0 Å². The lowest BCUT2D eigenvalue weighted by Crippen LogP contribution is -2.27. The van der Waals surface area contributed by atoms with E-state index >= 15 is 0 Å². The van der Waals surface area contributed by atoms with E-state index in [0.29, 0.717) is 6.29 Å². The van der Waals surface area contributed by atoms with Crippen molar-refractivity contribution in [1.29, 1.82) is 0 Å². The predicted octanol–water partition coefficient (Wildman–Crippen LogP) is -0.308. The minimum Gasteiger partial charge on any atom is -0.504 e. The highest BCUT2D eigenvalue weighted by atomic mass is 16.5. The molecule has 0 radical (unpaired) electrons. The maximum Gasteiger partial charge on any atom is 0.335 e. The Morgan fingerprint density at radius 2 is 2.00 bits per heavy atom. The van der Waals surface area contributed by atoms with Gasteiger partial charge in [0.05, 0.1) is 12.7 Å². The fourth-order valence-corrected chi connectivity index (χ4v) is 1.39. The molecule has 0 heterocycles. The zero-order valence-electron chi connectivity index (χ0n) is 9.40. The fourth-order valence-electron chi connectivity index (χ4n) is 1.39. The average molecular weight is 256 g/mol. The number of aldehydes is 1. The van der Waals surface area contributed by atoms with E-state index in [-0.39, 0.29) is 16.9 Å². The Morgan fingerprint density at radius 3 is 2.44 bits per heavy atom. The van der Waals surface area contributed by atoms with E-state index in [1.54, 1.807) is 0 Å².